The van der Waals surface area contributed by atoms with E-state index in [0.717, 1.165) is 23.9 Å². The zero-order valence-corrected chi connectivity index (χ0v) is 10.9. The SMILES string of the molecule is CC(N)=O.CCCc1cc(N)c2ccccc2c1. The lowest BCUT2D eigenvalue weighted by atomic mass is 10.0. The number of primary amides is 1. The van der Waals surface area contributed by atoms with Crippen molar-refractivity contribution in [3.63, 3.8) is 0 Å². The molecule has 0 saturated carbocycles. The number of nitrogen functional groups attached to an aromatic ring is 1. The molecule has 18 heavy (non-hydrogen) atoms. The summed E-state index contributed by atoms with van der Waals surface area (Å²) in [5.41, 5.74) is 12.7. The van der Waals surface area contributed by atoms with Gasteiger partial charge in [-0.05, 0) is 23.4 Å². The maximum absolute atomic E-state index is 9.22. The first kappa shape index (κ1) is 14.0. The third kappa shape index (κ3) is 4.09. The van der Waals surface area contributed by atoms with Crippen molar-refractivity contribution >= 4 is 22.4 Å². The normalized spacial score (nSPS) is 9.67. The number of aryl methyl sites for hydroxylation is 1. The highest BCUT2D eigenvalue weighted by Gasteiger charge is 1.99. The molecule has 3 heteroatoms. The molecular formula is C15H20N2O. The van der Waals surface area contributed by atoms with Crippen molar-refractivity contribution in [3.05, 3.63) is 42.0 Å². The van der Waals surface area contributed by atoms with Gasteiger partial charge in [-0.1, -0.05) is 43.7 Å². The Kier molecular flexibility index (Phi) is 5.18. The maximum Gasteiger partial charge on any atom is 0.214 e. The van der Waals surface area contributed by atoms with Crippen LogP contribution in [0.5, 0.6) is 0 Å². The highest BCUT2D eigenvalue weighted by Crippen LogP contribution is 2.23. The van der Waals surface area contributed by atoms with E-state index < -0.39 is 0 Å². The van der Waals surface area contributed by atoms with Crippen molar-refractivity contribution in [1.82, 2.24) is 0 Å². The fourth-order valence-electron chi connectivity index (χ4n) is 1.84. The third-order valence-corrected chi connectivity index (χ3v) is 2.49. The van der Waals surface area contributed by atoms with Gasteiger partial charge in [0.25, 0.3) is 0 Å². The molecule has 0 aliphatic carbocycles. The number of amides is 1. The number of benzene rings is 2. The first-order valence-corrected chi connectivity index (χ1v) is 6.07. The summed E-state index contributed by atoms with van der Waals surface area (Å²) in [4.78, 5) is 9.22. The topological polar surface area (TPSA) is 69.1 Å². The molecule has 0 bridgehead atoms. The molecule has 0 unspecified atom stereocenters. The van der Waals surface area contributed by atoms with E-state index in [1.165, 1.54) is 17.9 Å². The Bertz CT molecular complexity index is 531. The zero-order valence-electron chi connectivity index (χ0n) is 10.9. The van der Waals surface area contributed by atoms with Crippen molar-refractivity contribution < 1.29 is 4.79 Å². The van der Waals surface area contributed by atoms with Crippen LogP contribution in [0.15, 0.2) is 36.4 Å². The summed E-state index contributed by atoms with van der Waals surface area (Å²) >= 11 is 0. The largest absolute Gasteiger partial charge is 0.398 e. The fourth-order valence-corrected chi connectivity index (χ4v) is 1.84. The van der Waals surface area contributed by atoms with Crippen LogP contribution in [-0.2, 0) is 11.2 Å². The van der Waals surface area contributed by atoms with Crippen LogP contribution in [0.1, 0.15) is 25.8 Å². The monoisotopic (exact) mass is 244 g/mol. The molecule has 0 spiro atoms. The molecule has 2 aromatic carbocycles. The van der Waals surface area contributed by atoms with E-state index in [4.69, 9.17) is 5.73 Å². The second-order valence-corrected chi connectivity index (χ2v) is 4.27. The van der Waals surface area contributed by atoms with Crippen LogP contribution < -0.4 is 11.5 Å². The Balaban J connectivity index is 0.000000357. The van der Waals surface area contributed by atoms with Gasteiger partial charge in [0, 0.05) is 18.0 Å². The predicted molar refractivity (Wildman–Crippen MR) is 77.2 cm³/mol. The standard InChI is InChI=1S/C13H15N.C2H5NO/c1-2-5-10-8-11-6-3-4-7-12(11)13(14)9-10;1-2(3)4/h3-4,6-9H,2,5,14H2,1H3;1H3,(H2,3,4). The van der Waals surface area contributed by atoms with Crippen LogP contribution in [-0.4, -0.2) is 5.91 Å². The summed E-state index contributed by atoms with van der Waals surface area (Å²) < 4.78 is 0. The molecule has 1 amide bonds. The van der Waals surface area contributed by atoms with E-state index in [9.17, 15) is 4.79 Å². The molecule has 2 aromatic rings. The number of rotatable bonds is 2. The number of hydrogen-bond acceptors (Lipinski definition) is 2. The van der Waals surface area contributed by atoms with Gasteiger partial charge >= 0.3 is 0 Å². The second-order valence-electron chi connectivity index (χ2n) is 4.27. The summed E-state index contributed by atoms with van der Waals surface area (Å²) in [6.45, 7) is 3.49. The van der Waals surface area contributed by atoms with Crippen molar-refractivity contribution in [2.75, 3.05) is 5.73 Å². The highest BCUT2D eigenvalue weighted by molar-refractivity contribution is 5.93. The minimum absolute atomic E-state index is 0.333. The minimum Gasteiger partial charge on any atom is -0.398 e. The molecule has 0 atom stereocenters. The zero-order chi connectivity index (χ0) is 13.5. The van der Waals surface area contributed by atoms with E-state index in [0.29, 0.717) is 0 Å². The van der Waals surface area contributed by atoms with Gasteiger partial charge in [0.2, 0.25) is 5.91 Å². The Morgan fingerprint density at radius 2 is 1.83 bits per heavy atom. The fraction of sp³-hybridized carbons (Fsp3) is 0.267. The Hall–Kier alpha value is -2.03. The van der Waals surface area contributed by atoms with E-state index in [2.05, 4.69) is 43.0 Å². The van der Waals surface area contributed by atoms with Crippen LogP contribution in [0.3, 0.4) is 0 Å². The molecule has 3 nitrogen and oxygen atoms in total. The molecule has 4 N–H and O–H groups in total. The Morgan fingerprint density at radius 3 is 2.44 bits per heavy atom. The molecule has 0 heterocycles. The Morgan fingerprint density at radius 1 is 1.22 bits per heavy atom. The first-order chi connectivity index (χ1) is 8.54. The maximum atomic E-state index is 9.22. The molecule has 0 aromatic heterocycles. The lowest BCUT2D eigenvalue weighted by molar-refractivity contribution is -0.115. The van der Waals surface area contributed by atoms with Crippen molar-refractivity contribution in [2.45, 2.75) is 26.7 Å². The van der Waals surface area contributed by atoms with E-state index in [1.807, 2.05) is 6.07 Å². The molecule has 0 saturated heterocycles. The van der Waals surface area contributed by atoms with Crippen LogP contribution in [0.25, 0.3) is 10.8 Å². The predicted octanol–water partition coefficient (Wildman–Crippen LogP) is 2.87. The number of carbonyl (C=O) groups excluding carboxylic acids is 1. The van der Waals surface area contributed by atoms with Gasteiger partial charge < -0.3 is 11.5 Å². The number of fused-ring (bicyclic) bond motifs is 1. The third-order valence-electron chi connectivity index (χ3n) is 2.49. The highest BCUT2D eigenvalue weighted by atomic mass is 16.1. The van der Waals surface area contributed by atoms with Crippen LogP contribution in [0.2, 0.25) is 0 Å². The number of anilines is 1. The molecule has 0 radical (unpaired) electrons. The van der Waals surface area contributed by atoms with Crippen molar-refractivity contribution in [1.29, 1.82) is 0 Å². The molecule has 96 valence electrons. The number of carbonyl (C=O) groups is 1. The van der Waals surface area contributed by atoms with Gasteiger partial charge in [-0.3, -0.25) is 4.79 Å². The van der Waals surface area contributed by atoms with E-state index >= 15 is 0 Å². The van der Waals surface area contributed by atoms with Crippen molar-refractivity contribution in [2.24, 2.45) is 5.73 Å². The quantitative estimate of drug-likeness (QED) is 0.797. The summed E-state index contributed by atoms with van der Waals surface area (Å²) in [6, 6.07) is 12.6. The average molecular weight is 244 g/mol. The summed E-state index contributed by atoms with van der Waals surface area (Å²) in [6.07, 6.45) is 2.27. The van der Waals surface area contributed by atoms with Gasteiger partial charge in [0.1, 0.15) is 0 Å². The lowest BCUT2D eigenvalue weighted by Crippen LogP contribution is -2.01. The summed E-state index contributed by atoms with van der Waals surface area (Å²) in [7, 11) is 0. The summed E-state index contributed by atoms with van der Waals surface area (Å²) in [5.74, 6) is -0.333. The van der Waals surface area contributed by atoms with Gasteiger partial charge in [0.15, 0.2) is 0 Å². The number of hydrogen-bond donors (Lipinski definition) is 2. The first-order valence-electron chi connectivity index (χ1n) is 6.07. The van der Waals surface area contributed by atoms with Gasteiger partial charge in [-0.15, -0.1) is 0 Å². The van der Waals surface area contributed by atoms with Crippen LogP contribution in [0, 0.1) is 0 Å². The van der Waals surface area contributed by atoms with Gasteiger partial charge in [-0.2, -0.15) is 0 Å². The van der Waals surface area contributed by atoms with Crippen LogP contribution in [0.4, 0.5) is 5.69 Å². The number of nitrogens with two attached hydrogens (primary N) is 2. The molecule has 0 fully saturated rings. The Labute approximate surface area is 108 Å². The molecule has 0 aliphatic heterocycles. The minimum atomic E-state index is -0.333. The van der Waals surface area contributed by atoms with Crippen molar-refractivity contribution in [3.8, 4) is 0 Å². The van der Waals surface area contributed by atoms with E-state index in [-0.39, 0.29) is 5.91 Å². The van der Waals surface area contributed by atoms with Crippen LogP contribution >= 0.6 is 0 Å². The van der Waals surface area contributed by atoms with E-state index in [1.54, 1.807) is 0 Å². The molecular weight excluding hydrogens is 224 g/mol. The smallest absolute Gasteiger partial charge is 0.214 e. The van der Waals surface area contributed by atoms with Gasteiger partial charge in [0.05, 0.1) is 0 Å². The van der Waals surface area contributed by atoms with Gasteiger partial charge in [-0.25, -0.2) is 0 Å². The molecule has 2 rings (SSSR count). The lowest BCUT2D eigenvalue weighted by Gasteiger charge is -2.05. The summed E-state index contributed by atoms with van der Waals surface area (Å²) in [5, 5.41) is 2.41. The second kappa shape index (κ2) is 6.64. The molecule has 0 aliphatic rings. The average Bonchev–Trinajstić information content (AvgIpc) is 2.29.